The van der Waals surface area contributed by atoms with E-state index in [0.29, 0.717) is 11.8 Å². The van der Waals surface area contributed by atoms with Crippen molar-refractivity contribution in [2.24, 2.45) is 0 Å². The van der Waals surface area contributed by atoms with Crippen molar-refractivity contribution in [3.8, 4) is 11.6 Å². The average Bonchev–Trinajstić information content (AvgIpc) is 2.75. The molecule has 0 aliphatic heterocycles. The number of nitrogens with one attached hydrogen (secondary N) is 2. The molecule has 0 saturated carbocycles. The second-order valence-corrected chi connectivity index (χ2v) is 7.20. The Morgan fingerprint density at radius 3 is 2.20 bits per heavy atom. The van der Waals surface area contributed by atoms with Gasteiger partial charge in [0.1, 0.15) is 11.4 Å². The number of halogens is 6. The number of carbonyl (C=O) groups excluding carboxylic acids is 1. The van der Waals surface area contributed by atoms with Gasteiger partial charge in [0.2, 0.25) is 5.88 Å². The fourth-order valence-corrected chi connectivity index (χ4v) is 2.99. The van der Waals surface area contributed by atoms with Crippen molar-refractivity contribution in [1.82, 2.24) is 9.97 Å². The summed E-state index contributed by atoms with van der Waals surface area (Å²) in [5.41, 5.74) is -0.737. The van der Waals surface area contributed by atoms with E-state index in [1.54, 1.807) is 6.92 Å². The third-order valence-electron chi connectivity index (χ3n) is 4.66. The summed E-state index contributed by atoms with van der Waals surface area (Å²) in [6, 6.07) is 6.84. The Morgan fingerprint density at radius 2 is 1.63 bits per heavy atom. The monoisotopic (exact) mass is 500 g/mol. The predicted molar refractivity (Wildman–Crippen MR) is 114 cm³/mol. The Morgan fingerprint density at radius 1 is 0.943 bits per heavy atom. The second kappa shape index (κ2) is 9.68. The molecule has 13 heteroatoms. The van der Waals surface area contributed by atoms with Gasteiger partial charge in [-0.15, -0.1) is 13.2 Å². The van der Waals surface area contributed by atoms with Gasteiger partial charge in [0.15, 0.2) is 0 Å². The van der Waals surface area contributed by atoms with E-state index in [1.165, 1.54) is 32.2 Å². The summed E-state index contributed by atoms with van der Waals surface area (Å²) in [5, 5.41) is 5.24. The van der Waals surface area contributed by atoms with E-state index in [9.17, 15) is 31.1 Å². The first-order valence-electron chi connectivity index (χ1n) is 9.80. The number of hydrogen-bond acceptors (Lipinski definition) is 6. The summed E-state index contributed by atoms with van der Waals surface area (Å²) in [7, 11) is 1.40. The summed E-state index contributed by atoms with van der Waals surface area (Å²) in [6.45, 7) is 3.02. The summed E-state index contributed by atoms with van der Waals surface area (Å²) in [5.74, 6) is -1.10. The molecular weight excluding hydrogens is 482 g/mol. The molecule has 2 aromatic heterocycles. The number of nitrogens with zero attached hydrogens (tertiary/aromatic N) is 2. The Hall–Kier alpha value is -4.03. The number of carbonyl (C=O) groups is 1. The number of rotatable bonds is 6. The molecule has 0 bridgehead atoms. The summed E-state index contributed by atoms with van der Waals surface area (Å²) in [4.78, 5) is 20.4. The van der Waals surface area contributed by atoms with Crippen molar-refractivity contribution >= 4 is 23.0 Å². The molecule has 0 spiro atoms. The first kappa shape index (κ1) is 25.6. The number of alkyl halides is 6. The zero-order chi connectivity index (χ0) is 26.0. The molecule has 2 N–H and O–H groups in total. The molecule has 35 heavy (non-hydrogen) atoms. The van der Waals surface area contributed by atoms with E-state index < -0.39 is 35.5 Å². The number of ether oxygens (including phenoxy) is 2. The van der Waals surface area contributed by atoms with Gasteiger partial charge in [-0.25, -0.2) is 9.97 Å². The van der Waals surface area contributed by atoms with Crippen molar-refractivity contribution in [3.05, 3.63) is 65.1 Å². The summed E-state index contributed by atoms with van der Waals surface area (Å²) in [6.07, 6.45) is -8.90. The minimum absolute atomic E-state index is 0.109. The van der Waals surface area contributed by atoms with Crippen LogP contribution in [0.2, 0.25) is 0 Å². The number of anilines is 3. The standard InChI is InChI=1S/C22H18F6N4O3/c1-11-8-13(35-22(26,27)28)4-5-15(11)31-17-10-29-18(21(23,24)25)9-14(17)20(33)32-16-6-7-19(34-3)30-12(16)2/h4-10,31H,1-3H3,(H,32,33). The molecule has 0 saturated heterocycles. The lowest BCUT2D eigenvalue weighted by Gasteiger charge is -2.17. The number of amides is 1. The van der Waals surface area contributed by atoms with Gasteiger partial charge in [-0.1, -0.05) is 0 Å². The molecule has 1 aromatic carbocycles. The maximum absolute atomic E-state index is 13.3. The minimum atomic E-state index is -4.89. The van der Waals surface area contributed by atoms with Gasteiger partial charge in [-0.05, 0) is 49.7 Å². The fraction of sp³-hybridized carbons (Fsp3) is 0.227. The first-order valence-corrected chi connectivity index (χ1v) is 9.80. The van der Waals surface area contributed by atoms with Crippen LogP contribution in [0, 0.1) is 13.8 Å². The fourth-order valence-electron chi connectivity index (χ4n) is 2.99. The van der Waals surface area contributed by atoms with Crippen molar-refractivity contribution in [2.75, 3.05) is 17.7 Å². The number of pyridine rings is 2. The highest BCUT2D eigenvalue weighted by atomic mass is 19.4. The third kappa shape index (κ3) is 6.52. The Kier molecular flexibility index (Phi) is 7.08. The first-order chi connectivity index (χ1) is 16.3. The average molecular weight is 500 g/mol. The van der Waals surface area contributed by atoms with Crippen LogP contribution in [-0.2, 0) is 6.18 Å². The van der Waals surface area contributed by atoms with E-state index in [0.717, 1.165) is 18.3 Å². The van der Waals surface area contributed by atoms with E-state index in [-0.39, 0.29) is 28.5 Å². The maximum atomic E-state index is 13.3. The highest BCUT2D eigenvalue weighted by Crippen LogP contribution is 2.33. The van der Waals surface area contributed by atoms with Crippen LogP contribution in [0.25, 0.3) is 0 Å². The Labute approximate surface area is 195 Å². The van der Waals surface area contributed by atoms with Crippen LogP contribution in [0.1, 0.15) is 27.3 Å². The quantitative estimate of drug-likeness (QED) is 0.403. The van der Waals surface area contributed by atoms with Crippen LogP contribution in [0.4, 0.5) is 43.4 Å². The number of benzene rings is 1. The predicted octanol–water partition coefficient (Wildman–Crippen LogP) is 6.02. The zero-order valence-electron chi connectivity index (χ0n) is 18.4. The van der Waals surface area contributed by atoms with Crippen LogP contribution in [0.15, 0.2) is 42.6 Å². The lowest BCUT2D eigenvalue weighted by atomic mass is 10.1. The number of hydrogen-bond donors (Lipinski definition) is 2. The summed E-state index contributed by atoms with van der Waals surface area (Å²) >= 11 is 0. The van der Waals surface area contributed by atoms with Crippen LogP contribution < -0.4 is 20.1 Å². The topological polar surface area (TPSA) is 85.4 Å². The van der Waals surface area contributed by atoms with Crippen molar-refractivity contribution < 1.29 is 40.6 Å². The zero-order valence-corrected chi connectivity index (χ0v) is 18.4. The van der Waals surface area contributed by atoms with Gasteiger partial charge in [-0.3, -0.25) is 4.79 Å². The largest absolute Gasteiger partial charge is 0.573 e. The van der Waals surface area contributed by atoms with E-state index in [4.69, 9.17) is 4.74 Å². The number of aromatic nitrogens is 2. The van der Waals surface area contributed by atoms with Gasteiger partial charge < -0.3 is 20.1 Å². The summed E-state index contributed by atoms with van der Waals surface area (Å²) < 4.78 is 86.0. The van der Waals surface area contributed by atoms with Gasteiger partial charge >= 0.3 is 12.5 Å². The van der Waals surface area contributed by atoms with Crippen molar-refractivity contribution in [2.45, 2.75) is 26.4 Å². The molecule has 7 nitrogen and oxygen atoms in total. The smallest absolute Gasteiger partial charge is 0.481 e. The van der Waals surface area contributed by atoms with Crippen LogP contribution >= 0.6 is 0 Å². The Balaban J connectivity index is 1.96. The van der Waals surface area contributed by atoms with Gasteiger partial charge in [-0.2, -0.15) is 13.2 Å². The van der Waals surface area contributed by atoms with E-state index in [2.05, 4.69) is 25.3 Å². The second-order valence-electron chi connectivity index (χ2n) is 7.20. The van der Waals surface area contributed by atoms with Crippen LogP contribution in [0.3, 0.4) is 0 Å². The number of aryl methyl sites for hydroxylation is 2. The molecule has 0 fully saturated rings. The molecule has 2 heterocycles. The molecule has 0 radical (unpaired) electrons. The van der Waals surface area contributed by atoms with Crippen LogP contribution in [-0.4, -0.2) is 29.3 Å². The lowest BCUT2D eigenvalue weighted by Crippen LogP contribution is -2.18. The Bertz CT molecular complexity index is 1240. The van der Waals surface area contributed by atoms with E-state index >= 15 is 0 Å². The molecule has 0 atom stereocenters. The minimum Gasteiger partial charge on any atom is -0.481 e. The lowest BCUT2D eigenvalue weighted by molar-refractivity contribution is -0.274. The molecule has 0 unspecified atom stereocenters. The molecular formula is C22H18F6N4O3. The van der Waals surface area contributed by atoms with Crippen molar-refractivity contribution in [1.29, 1.82) is 0 Å². The third-order valence-corrected chi connectivity index (χ3v) is 4.66. The SMILES string of the molecule is COc1ccc(NC(=O)c2cc(C(F)(F)F)ncc2Nc2ccc(OC(F)(F)F)cc2C)c(C)n1. The van der Waals surface area contributed by atoms with Crippen molar-refractivity contribution in [3.63, 3.8) is 0 Å². The van der Waals surface area contributed by atoms with E-state index in [1.807, 2.05) is 0 Å². The molecule has 0 aliphatic carbocycles. The molecule has 1 amide bonds. The molecule has 0 aliphatic rings. The highest BCUT2D eigenvalue weighted by molar-refractivity contribution is 6.08. The maximum Gasteiger partial charge on any atom is 0.573 e. The number of methoxy groups -OCH3 is 1. The molecule has 3 rings (SSSR count). The van der Waals surface area contributed by atoms with Gasteiger partial charge in [0.05, 0.1) is 35.9 Å². The highest BCUT2D eigenvalue weighted by Gasteiger charge is 2.34. The van der Waals surface area contributed by atoms with Gasteiger partial charge in [0, 0.05) is 11.8 Å². The van der Waals surface area contributed by atoms with Crippen LogP contribution in [0.5, 0.6) is 11.6 Å². The molecule has 3 aromatic rings. The normalized spacial score (nSPS) is 11.7. The molecule has 186 valence electrons. The van der Waals surface area contributed by atoms with Gasteiger partial charge in [0.25, 0.3) is 5.91 Å².